The van der Waals surface area contributed by atoms with Gasteiger partial charge in [-0.05, 0) is 109 Å². The summed E-state index contributed by atoms with van der Waals surface area (Å²) in [6.45, 7) is 0. The lowest BCUT2D eigenvalue weighted by Crippen LogP contribution is -1.92. The highest BCUT2D eigenvalue weighted by Crippen LogP contribution is 2.45. The Hall–Kier alpha value is -5.42. The molecule has 0 bridgehead atoms. The Kier molecular flexibility index (Phi) is 5.38. The standard InChI is InChI=1S/C42H24S/c1-2-11-28-24-32(21-20-27(28)10-1)42-36-17-5-3-15-34(36)41(35-16-4-6-18-37(35)42)31-13-9-12-29(25-31)30-22-23-40-38(26-30)33-14-7-8-19-39(33)43-40/h3-26H. The lowest BCUT2D eigenvalue weighted by atomic mass is 9.84. The fourth-order valence-electron chi connectivity index (χ4n) is 6.74. The molecule has 9 rings (SSSR count). The number of rotatable bonds is 3. The van der Waals surface area contributed by atoms with Crippen LogP contribution in [0.2, 0.25) is 0 Å². The summed E-state index contributed by atoms with van der Waals surface area (Å²) in [5.74, 6) is 0. The molecule has 1 aliphatic carbocycles. The molecule has 1 aliphatic rings. The molecular formula is C42H24S. The zero-order chi connectivity index (χ0) is 28.3. The van der Waals surface area contributed by atoms with Crippen LogP contribution >= 0.6 is 11.3 Å². The summed E-state index contributed by atoms with van der Waals surface area (Å²) in [6.07, 6.45) is 4.03. The molecule has 1 aromatic heterocycles. The summed E-state index contributed by atoms with van der Waals surface area (Å²) in [4.78, 5) is 0. The molecule has 0 amide bonds. The predicted octanol–water partition coefficient (Wildman–Crippen LogP) is 12.2. The summed E-state index contributed by atoms with van der Waals surface area (Å²) in [6, 6.07) is 49.2. The smallest absolute Gasteiger partial charge is 0.0355 e. The highest BCUT2D eigenvalue weighted by molar-refractivity contribution is 7.25. The van der Waals surface area contributed by atoms with Gasteiger partial charge < -0.3 is 0 Å². The molecule has 8 aromatic rings. The minimum absolute atomic E-state index is 1.18. The minimum Gasteiger partial charge on any atom is -0.135 e. The molecule has 0 radical (unpaired) electrons. The van der Waals surface area contributed by atoms with Crippen molar-refractivity contribution in [3.63, 3.8) is 0 Å². The van der Waals surface area contributed by atoms with E-state index in [-0.39, 0.29) is 0 Å². The first-order valence-electron chi connectivity index (χ1n) is 14.6. The van der Waals surface area contributed by atoms with Crippen molar-refractivity contribution in [2.45, 2.75) is 0 Å². The van der Waals surface area contributed by atoms with Crippen LogP contribution in [-0.4, -0.2) is 0 Å². The van der Waals surface area contributed by atoms with Crippen LogP contribution in [0.25, 0.3) is 87.2 Å². The molecule has 0 spiro atoms. The van der Waals surface area contributed by atoms with Crippen LogP contribution < -0.4 is 0 Å². The fourth-order valence-corrected chi connectivity index (χ4v) is 7.82. The zero-order valence-corrected chi connectivity index (χ0v) is 24.1. The van der Waals surface area contributed by atoms with Gasteiger partial charge in [-0.1, -0.05) is 115 Å². The normalized spacial score (nSPS) is 12.1. The molecule has 0 aliphatic heterocycles. The van der Waals surface area contributed by atoms with E-state index in [2.05, 4.69) is 145 Å². The van der Waals surface area contributed by atoms with Crippen LogP contribution in [0.3, 0.4) is 0 Å². The van der Waals surface area contributed by atoms with Gasteiger partial charge in [-0.25, -0.2) is 0 Å². The Labute approximate surface area is 253 Å². The number of hydrogen-bond acceptors (Lipinski definition) is 1. The quantitative estimate of drug-likeness (QED) is 0.149. The molecule has 0 saturated heterocycles. The van der Waals surface area contributed by atoms with Gasteiger partial charge in [0.05, 0.1) is 0 Å². The van der Waals surface area contributed by atoms with Crippen LogP contribution in [0.5, 0.6) is 0 Å². The maximum Gasteiger partial charge on any atom is 0.0355 e. The number of benzene rings is 7. The van der Waals surface area contributed by atoms with E-state index in [0.717, 1.165) is 0 Å². The Morgan fingerprint density at radius 1 is 0.349 bits per heavy atom. The Balaban J connectivity index is 1.27. The Morgan fingerprint density at radius 3 is 1.60 bits per heavy atom. The van der Waals surface area contributed by atoms with E-state index >= 15 is 0 Å². The molecular weight excluding hydrogens is 537 g/mol. The number of thiophene rings is 1. The number of hydrogen-bond donors (Lipinski definition) is 0. The largest absolute Gasteiger partial charge is 0.135 e. The molecule has 0 fully saturated rings. The van der Waals surface area contributed by atoms with E-state index in [1.54, 1.807) is 0 Å². The van der Waals surface area contributed by atoms with Crippen molar-refractivity contribution in [3.05, 3.63) is 156 Å². The molecule has 7 aromatic carbocycles. The van der Waals surface area contributed by atoms with Crippen LogP contribution in [0.1, 0.15) is 11.1 Å². The van der Waals surface area contributed by atoms with E-state index in [4.69, 9.17) is 0 Å². The van der Waals surface area contributed by atoms with E-state index in [9.17, 15) is 0 Å². The van der Waals surface area contributed by atoms with Crippen LogP contribution in [0, 0.1) is 0 Å². The van der Waals surface area contributed by atoms with E-state index < -0.39 is 0 Å². The number of fused-ring (bicyclic) bond motifs is 6. The zero-order valence-electron chi connectivity index (χ0n) is 23.3. The Morgan fingerprint density at radius 2 is 0.884 bits per heavy atom. The molecule has 0 saturated carbocycles. The third-order valence-electron chi connectivity index (χ3n) is 8.71. The fraction of sp³-hybridized carbons (Fsp3) is 0. The summed E-state index contributed by atoms with van der Waals surface area (Å²) in [7, 11) is 0. The minimum atomic E-state index is 1.18. The van der Waals surface area contributed by atoms with Gasteiger partial charge in [-0.15, -0.1) is 11.3 Å². The summed E-state index contributed by atoms with van der Waals surface area (Å²) >= 11 is 1.87. The molecule has 0 nitrogen and oxygen atoms in total. The van der Waals surface area contributed by atoms with E-state index in [1.165, 1.54) is 86.2 Å². The van der Waals surface area contributed by atoms with Crippen LogP contribution in [0.15, 0.2) is 145 Å². The topological polar surface area (TPSA) is 0 Å². The van der Waals surface area contributed by atoms with Gasteiger partial charge in [0.15, 0.2) is 0 Å². The third-order valence-corrected chi connectivity index (χ3v) is 9.86. The lowest BCUT2D eigenvalue weighted by Gasteiger charge is -2.19. The van der Waals surface area contributed by atoms with Gasteiger partial charge in [0.2, 0.25) is 0 Å². The maximum atomic E-state index is 3.13. The second kappa shape index (κ2) is 9.57. The van der Waals surface area contributed by atoms with Gasteiger partial charge >= 0.3 is 0 Å². The third kappa shape index (κ3) is 3.85. The van der Waals surface area contributed by atoms with E-state index in [1.807, 2.05) is 23.5 Å². The molecule has 1 heterocycles. The maximum absolute atomic E-state index is 3.13. The summed E-state index contributed by atoms with van der Waals surface area (Å²) in [5, 5.41) is 7.71. The Bertz CT molecular complexity index is 2470. The van der Waals surface area contributed by atoms with Gasteiger partial charge in [0.1, 0.15) is 0 Å². The SMILES string of the molecule is C1=C=Cc2cc(-c3c4ccccc4c(-c4cccc(-c5ccc6sc7ccccc7c6c5)c4)c4ccccc34)ccc2C=1. The first-order valence-corrected chi connectivity index (χ1v) is 15.4. The summed E-state index contributed by atoms with van der Waals surface area (Å²) in [5.41, 5.74) is 16.1. The predicted molar refractivity (Wildman–Crippen MR) is 187 cm³/mol. The van der Waals surface area contributed by atoms with Gasteiger partial charge in [0.25, 0.3) is 0 Å². The average Bonchev–Trinajstić information content (AvgIpc) is 3.45. The second-order valence-electron chi connectivity index (χ2n) is 11.2. The van der Waals surface area contributed by atoms with Crippen molar-refractivity contribution in [1.29, 1.82) is 0 Å². The van der Waals surface area contributed by atoms with Crippen molar-refractivity contribution in [2.24, 2.45) is 0 Å². The molecule has 43 heavy (non-hydrogen) atoms. The van der Waals surface area contributed by atoms with Crippen molar-refractivity contribution >= 4 is 65.2 Å². The molecule has 0 atom stereocenters. The van der Waals surface area contributed by atoms with Crippen molar-refractivity contribution in [2.75, 3.05) is 0 Å². The average molecular weight is 561 g/mol. The van der Waals surface area contributed by atoms with Crippen molar-refractivity contribution in [3.8, 4) is 33.4 Å². The highest BCUT2D eigenvalue weighted by atomic mass is 32.1. The van der Waals surface area contributed by atoms with Gasteiger partial charge in [0, 0.05) is 20.2 Å². The van der Waals surface area contributed by atoms with Crippen molar-refractivity contribution < 1.29 is 0 Å². The van der Waals surface area contributed by atoms with Gasteiger partial charge in [-0.3, -0.25) is 0 Å². The molecule has 0 N–H and O–H groups in total. The molecule has 198 valence electrons. The highest BCUT2D eigenvalue weighted by Gasteiger charge is 2.17. The first-order chi connectivity index (χ1) is 21.3. The molecule has 0 unspecified atom stereocenters. The van der Waals surface area contributed by atoms with Crippen molar-refractivity contribution in [1.82, 2.24) is 0 Å². The van der Waals surface area contributed by atoms with Crippen LogP contribution in [0.4, 0.5) is 0 Å². The van der Waals surface area contributed by atoms with Crippen LogP contribution in [-0.2, 0) is 0 Å². The van der Waals surface area contributed by atoms with Gasteiger partial charge in [-0.2, -0.15) is 0 Å². The first kappa shape index (κ1) is 24.2. The second-order valence-corrected chi connectivity index (χ2v) is 12.2. The van der Waals surface area contributed by atoms with E-state index in [0.29, 0.717) is 0 Å². The summed E-state index contributed by atoms with van der Waals surface area (Å²) < 4.78 is 2.67. The lowest BCUT2D eigenvalue weighted by molar-refractivity contribution is 1.59. The monoisotopic (exact) mass is 560 g/mol. The molecule has 1 heteroatoms.